The molecule has 9 nitrogen and oxygen atoms in total. The third-order valence-electron chi connectivity index (χ3n) is 5.20. The summed E-state index contributed by atoms with van der Waals surface area (Å²) in [4.78, 5) is 35.3. The Hall–Kier alpha value is -3.75. The molecule has 0 radical (unpaired) electrons. The summed E-state index contributed by atoms with van der Waals surface area (Å²) >= 11 is 0. The zero-order valence-electron chi connectivity index (χ0n) is 15.5. The summed E-state index contributed by atoms with van der Waals surface area (Å²) in [6.07, 6.45) is 8.71. The molecule has 1 fully saturated rings. The number of amides is 1. The van der Waals surface area contributed by atoms with Crippen LogP contribution in [-0.4, -0.2) is 30.6 Å². The number of H-pyrrole nitrogens is 1. The van der Waals surface area contributed by atoms with Gasteiger partial charge in [0.2, 0.25) is 0 Å². The average molecular weight is 390 g/mol. The normalized spacial score (nSPS) is 14.5. The molecule has 2 N–H and O–H groups in total. The number of carbonyl (C=O) groups excluding carboxylic acids is 1. The maximum atomic E-state index is 12.5. The number of hydrogen-bond acceptors (Lipinski definition) is 6. The molecule has 3 heterocycles. The Morgan fingerprint density at radius 3 is 2.79 bits per heavy atom. The molecule has 9 heteroatoms. The summed E-state index contributed by atoms with van der Waals surface area (Å²) in [7, 11) is 0. The van der Waals surface area contributed by atoms with E-state index in [1.807, 2.05) is 0 Å². The summed E-state index contributed by atoms with van der Waals surface area (Å²) in [6, 6.07) is 7.09. The molecule has 1 aliphatic carbocycles. The lowest BCUT2D eigenvalue weighted by atomic mass is 10.1. The van der Waals surface area contributed by atoms with Gasteiger partial charge in [-0.15, -0.1) is 0 Å². The molecule has 1 saturated carbocycles. The number of aromatic amines is 1. The van der Waals surface area contributed by atoms with Gasteiger partial charge in [0.05, 0.1) is 18.2 Å². The van der Waals surface area contributed by atoms with Gasteiger partial charge in [-0.2, -0.15) is 5.10 Å². The number of aromatic nitrogens is 5. The molecule has 146 valence electrons. The van der Waals surface area contributed by atoms with Crippen LogP contribution in [-0.2, 0) is 0 Å². The zero-order valence-corrected chi connectivity index (χ0v) is 15.5. The van der Waals surface area contributed by atoms with Crippen molar-refractivity contribution >= 4 is 22.6 Å². The summed E-state index contributed by atoms with van der Waals surface area (Å²) in [5.74, 6) is 0.653. The first-order valence-electron chi connectivity index (χ1n) is 9.48. The number of carbonyl (C=O) groups is 1. The first-order chi connectivity index (χ1) is 14.2. The molecule has 0 aliphatic heterocycles. The molecule has 1 aliphatic rings. The molecule has 0 saturated heterocycles. The largest absolute Gasteiger partial charge is 0.448 e. The van der Waals surface area contributed by atoms with Crippen LogP contribution in [0, 0.1) is 0 Å². The standard InChI is InChI=1S/C20H18N6O3/c27-18-15-9-23-26(17(15)21-11-22-18)14-7-5-13(6-8-14)24-19(28)16-10-29-20(25-16)12-3-1-2-4-12/h5-12H,1-4H2,(H,24,28)(H,21,22,27). The van der Waals surface area contributed by atoms with Crippen LogP contribution in [0.2, 0.25) is 0 Å². The number of oxazole rings is 1. The lowest BCUT2D eigenvalue weighted by molar-refractivity contribution is 0.102. The number of rotatable bonds is 4. The summed E-state index contributed by atoms with van der Waals surface area (Å²) in [5.41, 5.74) is 1.84. The van der Waals surface area contributed by atoms with Gasteiger partial charge in [0.15, 0.2) is 17.2 Å². The fourth-order valence-corrected chi connectivity index (χ4v) is 3.68. The van der Waals surface area contributed by atoms with Gasteiger partial charge in [-0.25, -0.2) is 14.6 Å². The second-order valence-corrected chi connectivity index (χ2v) is 7.08. The third kappa shape index (κ3) is 3.20. The molecule has 29 heavy (non-hydrogen) atoms. The fraction of sp³-hybridized carbons (Fsp3) is 0.250. The zero-order chi connectivity index (χ0) is 19.8. The molecule has 4 aromatic rings. The average Bonchev–Trinajstić information content (AvgIpc) is 3.48. The monoisotopic (exact) mass is 390 g/mol. The van der Waals surface area contributed by atoms with E-state index < -0.39 is 0 Å². The minimum absolute atomic E-state index is 0.241. The minimum Gasteiger partial charge on any atom is -0.448 e. The van der Waals surface area contributed by atoms with Crippen LogP contribution >= 0.6 is 0 Å². The van der Waals surface area contributed by atoms with E-state index in [9.17, 15) is 9.59 Å². The van der Waals surface area contributed by atoms with Crippen molar-refractivity contribution in [2.24, 2.45) is 0 Å². The summed E-state index contributed by atoms with van der Waals surface area (Å²) < 4.78 is 7.08. The quantitative estimate of drug-likeness (QED) is 0.553. The molecular weight excluding hydrogens is 372 g/mol. The van der Waals surface area contributed by atoms with Crippen LogP contribution in [0.25, 0.3) is 16.7 Å². The lowest BCUT2D eigenvalue weighted by Crippen LogP contribution is -2.12. The van der Waals surface area contributed by atoms with Gasteiger partial charge in [-0.3, -0.25) is 9.59 Å². The molecule has 0 spiro atoms. The molecule has 1 amide bonds. The van der Waals surface area contributed by atoms with E-state index in [1.165, 1.54) is 31.6 Å². The highest BCUT2D eigenvalue weighted by Gasteiger charge is 2.23. The van der Waals surface area contributed by atoms with Gasteiger partial charge in [-0.05, 0) is 37.1 Å². The molecule has 5 rings (SSSR count). The Kier molecular flexibility index (Phi) is 4.19. The van der Waals surface area contributed by atoms with Crippen LogP contribution in [0.3, 0.4) is 0 Å². The van der Waals surface area contributed by atoms with Crippen LogP contribution in [0.5, 0.6) is 0 Å². The number of nitrogens with one attached hydrogen (secondary N) is 2. The summed E-state index contributed by atoms with van der Waals surface area (Å²) in [5, 5.41) is 7.46. The van der Waals surface area contributed by atoms with E-state index in [1.54, 1.807) is 28.9 Å². The van der Waals surface area contributed by atoms with E-state index >= 15 is 0 Å². The highest BCUT2D eigenvalue weighted by atomic mass is 16.3. The molecule has 3 aromatic heterocycles. The van der Waals surface area contributed by atoms with Crippen LogP contribution in [0.1, 0.15) is 48.0 Å². The molecule has 0 unspecified atom stereocenters. The van der Waals surface area contributed by atoms with Gasteiger partial charge in [0.1, 0.15) is 11.6 Å². The molecular formula is C20H18N6O3. The van der Waals surface area contributed by atoms with Crippen molar-refractivity contribution in [3.8, 4) is 5.69 Å². The fourth-order valence-electron chi connectivity index (χ4n) is 3.68. The Morgan fingerprint density at radius 1 is 1.21 bits per heavy atom. The van der Waals surface area contributed by atoms with Crippen LogP contribution in [0.15, 0.2) is 52.3 Å². The first kappa shape index (κ1) is 17.4. The third-order valence-corrected chi connectivity index (χ3v) is 5.20. The number of anilines is 1. The topological polar surface area (TPSA) is 119 Å². The maximum absolute atomic E-state index is 12.5. The Balaban J connectivity index is 1.33. The maximum Gasteiger partial charge on any atom is 0.277 e. The molecule has 1 aromatic carbocycles. The Bertz CT molecular complexity index is 1230. The summed E-state index contributed by atoms with van der Waals surface area (Å²) in [6.45, 7) is 0. The van der Waals surface area contributed by atoms with Gasteiger partial charge in [0, 0.05) is 11.6 Å². The lowest BCUT2D eigenvalue weighted by Gasteiger charge is -2.06. The van der Waals surface area contributed by atoms with Crippen LogP contribution in [0.4, 0.5) is 5.69 Å². The SMILES string of the molecule is O=C(Nc1ccc(-n2ncc3c(=O)[nH]cnc32)cc1)c1coc(C2CCCC2)n1. The number of fused-ring (bicyclic) bond motifs is 1. The van der Waals surface area contributed by atoms with Crippen molar-refractivity contribution in [3.63, 3.8) is 0 Å². The number of hydrogen-bond donors (Lipinski definition) is 2. The smallest absolute Gasteiger partial charge is 0.277 e. The minimum atomic E-state index is -0.316. The van der Waals surface area contributed by atoms with E-state index in [-0.39, 0.29) is 17.2 Å². The molecule has 0 atom stereocenters. The highest BCUT2D eigenvalue weighted by molar-refractivity contribution is 6.02. The van der Waals surface area contributed by atoms with Crippen molar-refractivity contribution in [2.75, 3.05) is 5.32 Å². The Labute approximate surface area is 164 Å². The van der Waals surface area contributed by atoms with E-state index in [4.69, 9.17) is 4.42 Å². The second-order valence-electron chi connectivity index (χ2n) is 7.08. The predicted molar refractivity (Wildman–Crippen MR) is 105 cm³/mol. The highest BCUT2D eigenvalue weighted by Crippen LogP contribution is 2.33. The van der Waals surface area contributed by atoms with Gasteiger partial charge >= 0.3 is 0 Å². The van der Waals surface area contributed by atoms with Crippen molar-refractivity contribution in [1.82, 2.24) is 24.7 Å². The van der Waals surface area contributed by atoms with E-state index in [2.05, 4.69) is 25.4 Å². The van der Waals surface area contributed by atoms with Crippen LogP contribution < -0.4 is 10.9 Å². The van der Waals surface area contributed by atoms with Crippen molar-refractivity contribution < 1.29 is 9.21 Å². The second kappa shape index (κ2) is 7.01. The molecule has 0 bridgehead atoms. The first-order valence-corrected chi connectivity index (χ1v) is 9.48. The van der Waals surface area contributed by atoms with Gasteiger partial charge < -0.3 is 14.7 Å². The van der Waals surface area contributed by atoms with Crippen molar-refractivity contribution in [1.29, 1.82) is 0 Å². The van der Waals surface area contributed by atoms with E-state index in [0.717, 1.165) is 18.5 Å². The van der Waals surface area contributed by atoms with Gasteiger partial charge in [0.25, 0.3) is 11.5 Å². The van der Waals surface area contributed by atoms with E-state index in [0.29, 0.717) is 28.5 Å². The van der Waals surface area contributed by atoms with Crippen molar-refractivity contribution in [2.45, 2.75) is 31.6 Å². The number of nitrogens with zero attached hydrogens (tertiary/aromatic N) is 4. The predicted octanol–water partition coefficient (Wildman–Crippen LogP) is 3.01. The number of benzene rings is 1. The Morgan fingerprint density at radius 2 is 2.00 bits per heavy atom. The van der Waals surface area contributed by atoms with Crippen molar-refractivity contribution in [3.05, 3.63) is 65.0 Å². The van der Waals surface area contributed by atoms with Gasteiger partial charge in [-0.1, -0.05) is 12.8 Å².